The van der Waals surface area contributed by atoms with Gasteiger partial charge in [-0.2, -0.15) is 0 Å². The Bertz CT molecular complexity index is 1070. The second kappa shape index (κ2) is 13.4. The number of hydrogen-bond acceptors (Lipinski definition) is 4. The molecule has 2 atom stereocenters. The third-order valence-corrected chi connectivity index (χ3v) is 6.16. The van der Waals surface area contributed by atoms with Crippen LogP contribution in [-0.4, -0.2) is 40.5 Å². The first-order chi connectivity index (χ1) is 17.7. The van der Waals surface area contributed by atoms with Crippen LogP contribution < -0.4 is 10.6 Å². The number of rotatable bonds is 10. The van der Waals surface area contributed by atoms with Gasteiger partial charge in [0, 0.05) is 12.6 Å². The van der Waals surface area contributed by atoms with Gasteiger partial charge < -0.3 is 20.3 Å². The molecule has 2 aromatic rings. The highest BCUT2D eigenvalue weighted by molar-refractivity contribution is 5.92. The number of alkyl carbamates (subject to hydrolysis) is 1. The van der Waals surface area contributed by atoms with Crippen LogP contribution in [0.2, 0.25) is 0 Å². The Morgan fingerprint density at radius 3 is 1.97 bits per heavy atom. The molecule has 7 nitrogen and oxygen atoms in total. The van der Waals surface area contributed by atoms with Crippen molar-refractivity contribution in [3.8, 4) is 0 Å². The minimum absolute atomic E-state index is 0.124. The molecule has 2 unspecified atom stereocenters. The Labute approximate surface area is 228 Å². The highest BCUT2D eigenvalue weighted by atomic mass is 16.6. The molecule has 7 heteroatoms. The number of amides is 3. The van der Waals surface area contributed by atoms with Crippen LogP contribution in [0.1, 0.15) is 83.2 Å². The van der Waals surface area contributed by atoms with Crippen LogP contribution in [-0.2, 0) is 20.9 Å². The lowest BCUT2D eigenvalue weighted by molar-refractivity contribution is -0.145. The molecule has 0 bridgehead atoms. The monoisotopic (exact) mass is 523 g/mol. The highest BCUT2D eigenvalue weighted by Gasteiger charge is 2.39. The van der Waals surface area contributed by atoms with Crippen LogP contribution in [0.15, 0.2) is 48.5 Å². The minimum Gasteiger partial charge on any atom is -0.444 e. The average molecular weight is 524 g/mol. The lowest BCUT2D eigenvalue weighted by atomic mass is 9.92. The lowest BCUT2D eigenvalue weighted by Gasteiger charge is -2.38. The molecule has 0 saturated carbocycles. The Balaban J connectivity index is 2.52. The topological polar surface area (TPSA) is 87.7 Å². The summed E-state index contributed by atoms with van der Waals surface area (Å²) in [6, 6.07) is 13.5. The fraction of sp³-hybridized carbons (Fsp3) is 0.516. The van der Waals surface area contributed by atoms with Crippen molar-refractivity contribution < 1.29 is 19.1 Å². The number of hydrogen-bond donors (Lipinski definition) is 2. The number of carbonyl (C=O) groups excluding carboxylic acids is 3. The number of nitrogens with one attached hydrogen (secondary N) is 2. The molecule has 0 aliphatic rings. The molecule has 2 N–H and O–H groups in total. The van der Waals surface area contributed by atoms with Crippen LogP contribution in [0.4, 0.5) is 4.79 Å². The molecule has 0 aliphatic carbocycles. The molecule has 0 fully saturated rings. The summed E-state index contributed by atoms with van der Waals surface area (Å²) >= 11 is 0. The van der Waals surface area contributed by atoms with Crippen molar-refractivity contribution in [2.45, 2.75) is 99.0 Å². The van der Waals surface area contributed by atoms with Gasteiger partial charge in [-0.15, -0.1) is 0 Å². The van der Waals surface area contributed by atoms with E-state index >= 15 is 0 Å². The Kier molecular flexibility index (Phi) is 10.9. The Hall–Kier alpha value is -3.35. The molecule has 3 amide bonds. The molecular formula is C31H45N3O4. The fourth-order valence-corrected chi connectivity index (χ4v) is 4.54. The Morgan fingerprint density at radius 1 is 0.895 bits per heavy atom. The van der Waals surface area contributed by atoms with Gasteiger partial charge in [-0.3, -0.25) is 9.59 Å². The summed E-state index contributed by atoms with van der Waals surface area (Å²) in [4.78, 5) is 42.4. The zero-order valence-electron chi connectivity index (χ0n) is 24.4. The van der Waals surface area contributed by atoms with E-state index in [0.717, 1.165) is 22.3 Å². The number of aryl methyl sites for hydroxylation is 2. The molecule has 2 aromatic carbocycles. The van der Waals surface area contributed by atoms with Gasteiger partial charge in [0.25, 0.3) is 0 Å². The number of nitrogens with zero attached hydrogens (tertiary/aromatic N) is 1. The van der Waals surface area contributed by atoms with Gasteiger partial charge in [-0.05, 0) is 83.1 Å². The summed E-state index contributed by atoms with van der Waals surface area (Å²) in [6.45, 7) is 17.3. The predicted molar refractivity (Wildman–Crippen MR) is 152 cm³/mol. The third-order valence-electron chi connectivity index (χ3n) is 6.16. The maximum Gasteiger partial charge on any atom is 0.408 e. The largest absolute Gasteiger partial charge is 0.444 e. The van der Waals surface area contributed by atoms with Crippen LogP contribution in [0, 0.1) is 19.8 Å². The van der Waals surface area contributed by atoms with Crippen LogP contribution in [0.25, 0.3) is 0 Å². The summed E-state index contributed by atoms with van der Waals surface area (Å²) in [7, 11) is 0. The number of ether oxygens (including phenoxy) is 1. The molecular weight excluding hydrogens is 478 g/mol. The molecule has 38 heavy (non-hydrogen) atoms. The molecule has 2 rings (SSSR count). The zero-order chi connectivity index (χ0) is 28.6. The van der Waals surface area contributed by atoms with E-state index in [1.807, 2.05) is 90.1 Å². The Morgan fingerprint density at radius 2 is 1.47 bits per heavy atom. The van der Waals surface area contributed by atoms with Gasteiger partial charge in [0.15, 0.2) is 0 Å². The van der Waals surface area contributed by atoms with Gasteiger partial charge in [-0.1, -0.05) is 62.4 Å². The molecule has 208 valence electrons. The van der Waals surface area contributed by atoms with Gasteiger partial charge in [0.05, 0.1) is 0 Å². The van der Waals surface area contributed by atoms with Gasteiger partial charge in [0.1, 0.15) is 17.7 Å². The van der Waals surface area contributed by atoms with E-state index in [4.69, 9.17) is 4.74 Å². The van der Waals surface area contributed by atoms with E-state index in [1.165, 1.54) is 0 Å². The molecule has 0 aliphatic heterocycles. The van der Waals surface area contributed by atoms with Gasteiger partial charge >= 0.3 is 6.09 Å². The second-order valence-corrected chi connectivity index (χ2v) is 11.6. The summed E-state index contributed by atoms with van der Waals surface area (Å²) in [5.74, 6) is -0.464. The van der Waals surface area contributed by atoms with Crippen molar-refractivity contribution in [3.63, 3.8) is 0 Å². The number of benzene rings is 2. The first-order valence-electron chi connectivity index (χ1n) is 13.4. The first kappa shape index (κ1) is 30.9. The van der Waals surface area contributed by atoms with E-state index in [1.54, 1.807) is 25.7 Å². The predicted octanol–water partition coefficient (Wildman–Crippen LogP) is 5.84. The standard InChI is InChI=1S/C31H45N3O4/c1-20(2)18-25(33-30(37)38-31(7,8)9)29(36)34(21(3)4)27(26-22(5)14-13-15-23(26)6)28(35)32-19-24-16-11-10-12-17-24/h10-17,20-21,25,27H,18-19H2,1-9H3,(H,32,35)(H,33,37). The molecule has 0 saturated heterocycles. The summed E-state index contributed by atoms with van der Waals surface area (Å²) < 4.78 is 5.46. The fourth-order valence-electron chi connectivity index (χ4n) is 4.54. The van der Waals surface area contributed by atoms with Crippen molar-refractivity contribution in [2.24, 2.45) is 5.92 Å². The minimum atomic E-state index is -0.873. The van der Waals surface area contributed by atoms with Crippen molar-refractivity contribution >= 4 is 17.9 Å². The highest BCUT2D eigenvalue weighted by Crippen LogP contribution is 2.31. The van der Waals surface area contributed by atoms with Crippen molar-refractivity contribution in [1.29, 1.82) is 0 Å². The van der Waals surface area contributed by atoms with E-state index < -0.39 is 23.8 Å². The van der Waals surface area contributed by atoms with E-state index in [2.05, 4.69) is 10.6 Å². The van der Waals surface area contributed by atoms with Crippen LogP contribution in [0.3, 0.4) is 0 Å². The molecule has 0 radical (unpaired) electrons. The number of carbonyl (C=O) groups is 3. The van der Waals surface area contributed by atoms with Crippen molar-refractivity contribution in [2.75, 3.05) is 0 Å². The van der Waals surface area contributed by atoms with E-state index in [-0.39, 0.29) is 23.8 Å². The van der Waals surface area contributed by atoms with Crippen LogP contribution in [0.5, 0.6) is 0 Å². The summed E-state index contributed by atoms with van der Waals surface area (Å²) in [6.07, 6.45) is -0.246. The van der Waals surface area contributed by atoms with Gasteiger partial charge in [-0.25, -0.2) is 4.79 Å². The molecule has 0 heterocycles. The van der Waals surface area contributed by atoms with Crippen LogP contribution >= 0.6 is 0 Å². The second-order valence-electron chi connectivity index (χ2n) is 11.6. The SMILES string of the molecule is Cc1cccc(C)c1C(C(=O)NCc1ccccc1)N(C(=O)C(CC(C)C)NC(=O)OC(C)(C)C)C(C)C. The van der Waals surface area contributed by atoms with Crippen molar-refractivity contribution in [1.82, 2.24) is 15.5 Å². The van der Waals surface area contributed by atoms with E-state index in [0.29, 0.717) is 13.0 Å². The normalized spacial score (nSPS) is 13.1. The zero-order valence-corrected chi connectivity index (χ0v) is 24.4. The smallest absolute Gasteiger partial charge is 0.408 e. The maximum absolute atomic E-state index is 14.2. The lowest BCUT2D eigenvalue weighted by Crippen LogP contribution is -2.55. The summed E-state index contributed by atoms with van der Waals surface area (Å²) in [5.41, 5.74) is 2.90. The molecule has 0 spiro atoms. The third kappa shape index (κ3) is 8.89. The summed E-state index contributed by atoms with van der Waals surface area (Å²) in [5, 5.41) is 5.84. The average Bonchev–Trinajstić information content (AvgIpc) is 2.80. The maximum atomic E-state index is 14.2. The van der Waals surface area contributed by atoms with Crippen molar-refractivity contribution in [3.05, 3.63) is 70.8 Å². The van der Waals surface area contributed by atoms with E-state index in [9.17, 15) is 14.4 Å². The quantitative estimate of drug-likeness (QED) is 0.410. The molecule has 0 aromatic heterocycles. The first-order valence-corrected chi connectivity index (χ1v) is 13.4. The van der Waals surface area contributed by atoms with Gasteiger partial charge in [0.2, 0.25) is 11.8 Å².